The molecule has 0 unspecified atom stereocenters. The fraction of sp³-hybridized carbons (Fsp3) is 0.273. The van der Waals surface area contributed by atoms with Gasteiger partial charge in [0, 0.05) is 42.5 Å². The van der Waals surface area contributed by atoms with Crippen LogP contribution in [0.4, 0.5) is 11.4 Å². The molecule has 1 aliphatic rings. The number of aromatic amines is 2. The minimum absolute atomic E-state index is 0.710. The molecule has 0 amide bonds. The zero-order valence-electron chi connectivity index (χ0n) is 16.5. The van der Waals surface area contributed by atoms with Crippen molar-refractivity contribution in [2.45, 2.75) is 13.8 Å². The van der Waals surface area contributed by atoms with Crippen LogP contribution in [0.25, 0.3) is 22.4 Å². The van der Waals surface area contributed by atoms with Crippen molar-refractivity contribution in [3.8, 4) is 11.4 Å². The Hall–Kier alpha value is -2.99. The average Bonchev–Trinajstić information content (AvgIpc) is 3.30. The maximum absolute atomic E-state index is 6.14. The summed E-state index contributed by atoms with van der Waals surface area (Å²) in [4.78, 5) is 13.1. The van der Waals surface area contributed by atoms with Gasteiger partial charge in [0.05, 0.1) is 28.1 Å². The molecule has 2 N–H and O–H groups in total. The quantitative estimate of drug-likeness (QED) is 0.524. The second kappa shape index (κ2) is 7.12. The van der Waals surface area contributed by atoms with E-state index >= 15 is 0 Å². The lowest BCUT2D eigenvalue weighted by Gasteiger charge is -2.38. The topological polar surface area (TPSA) is 63.8 Å². The number of imidazole rings is 1. The first-order chi connectivity index (χ1) is 14.1. The highest BCUT2D eigenvalue weighted by molar-refractivity contribution is 6.31. The van der Waals surface area contributed by atoms with Gasteiger partial charge in [-0.15, -0.1) is 0 Å². The van der Waals surface area contributed by atoms with E-state index in [0.717, 1.165) is 60.0 Å². The van der Waals surface area contributed by atoms with Crippen molar-refractivity contribution in [1.29, 1.82) is 0 Å². The molecule has 7 heteroatoms. The van der Waals surface area contributed by atoms with Crippen molar-refractivity contribution in [3.05, 3.63) is 58.9 Å². The number of nitrogens with one attached hydrogen (secondary N) is 2. The van der Waals surface area contributed by atoms with Gasteiger partial charge in [-0.2, -0.15) is 5.10 Å². The number of hydrogen-bond donors (Lipinski definition) is 2. The van der Waals surface area contributed by atoms with Crippen LogP contribution < -0.4 is 9.80 Å². The fourth-order valence-electron chi connectivity index (χ4n) is 4.24. The molecule has 0 radical (unpaired) electrons. The zero-order valence-corrected chi connectivity index (χ0v) is 17.3. The molecular weight excluding hydrogens is 384 g/mol. The van der Waals surface area contributed by atoms with Gasteiger partial charge in [0.1, 0.15) is 5.82 Å². The van der Waals surface area contributed by atoms with Crippen LogP contribution in [0, 0.1) is 13.8 Å². The third kappa shape index (κ3) is 3.23. The first kappa shape index (κ1) is 18.1. The minimum atomic E-state index is 0.710. The molecule has 0 saturated carbocycles. The molecule has 1 fully saturated rings. The highest BCUT2D eigenvalue weighted by atomic mass is 35.5. The molecule has 29 heavy (non-hydrogen) atoms. The predicted octanol–water partition coefficient (Wildman–Crippen LogP) is 4.55. The van der Waals surface area contributed by atoms with Gasteiger partial charge in [0.15, 0.2) is 0 Å². The number of benzene rings is 2. The third-order valence-corrected chi connectivity index (χ3v) is 5.86. The first-order valence-corrected chi connectivity index (χ1v) is 10.2. The Balaban J connectivity index is 1.43. The second-order valence-electron chi connectivity index (χ2n) is 7.52. The summed E-state index contributed by atoms with van der Waals surface area (Å²) in [5, 5.41) is 8.15. The number of hydrogen-bond acceptors (Lipinski definition) is 4. The maximum Gasteiger partial charge on any atom is 0.140 e. The molecular formula is C22H23ClN6. The van der Waals surface area contributed by atoms with E-state index < -0.39 is 0 Å². The number of aromatic nitrogens is 4. The fourth-order valence-corrected chi connectivity index (χ4v) is 4.41. The number of aryl methyl sites for hydroxylation is 2. The van der Waals surface area contributed by atoms with E-state index in [1.165, 1.54) is 11.4 Å². The van der Waals surface area contributed by atoms with Crippen LogP contribution in [0.5, 0.6) is 0 Å². The van der Waals surface area contributed by atoms with Gasteiger partial charge in [-0.05, 0) is 44.2 Å². The maximum atomic E-state index is 6.14. The molecule has 2 aromatic carbocycles. The highest BCUT2D eigenvalue weighted by Crippen LogP contribution is 2.32. The number of nitrogens with zero attached hydrogens (tertiary/aromatic N) is 4. The Morgan fingerprint density at radius 3 is 2.48 bits per heavy atom. The first-order valence-electron chi connectivity index (χ1n) is 9.86. The number of halogens is 1. The number of rotatable bonds is 3. The smallest absolute Gasteiger partial charge is 0.140 e. The summed E-state index contributed by atoms with van der Waals surface area (Å²) < 4.78 is 0. The largest absolute Gasteiger partial charge is 0.367 e. The predicted molar refractivity (Wildman–Crippen MR) is 119 cm³/mol. The van der Waals surface area contributed by atoms with Crippen LogP contribution in [0.15, 0.2) is 42.5 Å². The van der Waals surface area contributed by atoms with Crippen molar-refractivity contribution < 1.29 is 0 Å². The SMILES string of the molecule is Cc1n[nH]c(C)c1N1CCN(c2ccccc2-c2nc3ccc(Cl)cc3[nH]2)CC1. The Kier molecular flexibility index (Phi) is 4.43. The number of piperazine rings is 1. The van der Waals surface area contributed by atoms with E-state index in [-0.39, 0.29) is 0 Å². The third-order valence-electron chi connectivity index (χ3n) is 5.63. The van der Waals surface area contributed by atoms with Crippen LogP contribution in [-0.4, -0.2) is 46.3 Å². The van der Waals surface area contributed by atoms with Crippen molar-refractivity contribution in [3.63, 3.8) is 0 Å². The molecule has 3 heterocycles. The Morgan fingerprint density at radius 1 is 0.966 bits per heavy atom. The van der Waals surface area contributed by atoms with Crippen LogP contribution in [0.3, 0.4) is 0 Å². The van der Waals surface area contributed by atoms with E-state index in [2.05, 4.69) is 63.1 Å². The van der Waals surface area contributed by atoms with Gasteiger partial charge in [0.2, 0.25) is 0 Å². The van der Waals surface area contributed by atoms with Gasteiger partial charge < -0.3 is 14.8 Å². The second-order valence-corrected chi connectivity index (χ2v) is 7.96. The Bertz CT molecular complexity index is 1150. The summed E-state index contributed by atoms with van der Waals surface area (Å²) in [6.07, 6.45) is 0. The molecule has 148 valence electrons. The van der Waals surface area contributed by atoms with Crippen molar-refractivity contribution in [2.75, 3.05) is 36.0 Å². The lowest BCUT2D eigenvalue weighted by atomic mass is 10.1. The summed E-state index contributed by atoms with van der Waals surface area (Å²) in [5.74, 6) is 0.877. The van der Waals surface area contributed by atoms with E-state index in [0.29, 0.717) is 5.02 Å². The molecule has 1 aliphatic heterocycles. The molecule has 5 rings (SSSR count). The van der Waals surface area contributed by atoms with Crippen molar-refractivity contribution in [2.24, 2.45) is 0 Å². The zero-order chi connectivity index (χ0) is 20.0. The van der Waals surface area contributed by atoms with Gasteiger partial charge in [0.25, 0.3) is 0 Å². The van der Waals surface area contributed by atoms with Crippen LogP contribution >= 0.6 is 11.6 Å². The summed E-state index contributed by atoms with van der Waals surface area (Å²) in [6.45, 7) is 7.98. The number of para-hydroxylation sites is 1. The highest BCUT2D eigenvalue weighted by Gasteiger charge is 2.23. The molecule has 0 spiro atoms. The number of anilines is 2. The normalized spacial score (nSPS) is 14.7. The van der Waals surface area contributed by atoms with Gasteiger partial charge >= 0.3 is 0 Å². The number of fused-ring (bicyclic) bond motifs is 1. The van der Waals surface area contributed by atoms with Gasteiger partial charge in [-0.25, -0.2) is 4.98 Å². The summed E-state index contributed by atoms with van der Waals surface area (Å²) in [5.41, 5.74) is 7.65. The van der Waals surface area contributed by atoms with Crippen molar-refractivity contribution in [1.82, 2.24) is 20.2 Å². The van der Waals surface area contributed by atoms with Gasteiger partial charge in [-0.1, -0.05) is 23.7 Å². The van der Waals surface area contributed by atoms with E-state index in [4.69, 9.17) is 16.6 Å². The van der Waals surface area contributed by atoms with Crippen LogP contribution in [-0.2, 0) is 0 Å². The van der Waals surface area contributed by atoms with E-state index in [9.17, 15) is 0 Å². The van der Waals surface area contributed by atoms with Crippen LogP contribution in [0.1, 0.15) is 11.4 Å². The summed E-state index contributed by atoms with van der Waals surface area (Å²) >= 11 is 6.14. The van der Waals surface area contributed by atoms with E-state index in [1.54, 1.807) is 0 Å². The molecule has 0 bridgehead atoms. The minimum Gasteiger partial charge on any atom is -0.367 e. The Labute approximate surface area is 174 Å². The summed E-state index contributed by atoms with van der Waals surface area (Å²) in [7, 11) is 0. The van der Waals surface area contributed by atoms with E-state index in [1.807, 2.05) is 18.2 Å². The molecule has 2 aromatic heterocycles. The lowest BCUT2D eigenvalue weighted by Crippen LogP contribution is -2.47. The molecule has 4 aromatic rings. The standard InChI is InChI=1S/C22H23ClN6/c1-14-21(15(2)27-26-14)29-11-9-28(10-12-29)20-6-4-3-5-17(20)22-24-18-8-7-16(23)13-19(18)25-22/h3-8,13H,9-12H2,1-2H3,(H,24,25)(H,26,27). The van der Waals surface area contributed by atoms with Crippen LogP contribution in [0.2, 0.25) is 5.02 Å². The molecule has 1 saturated heterocycles. The average molecular weight is 407 g/mol. The van der Waals surface area contributed by atoms with Gasteiger partial charge in [-0.3, -0.25) is 5.10 Å². The molecule has 0 atom stereocenters. The molecule has 6 nitrogen and oxygen atoms in total. The summed E-state index contributed by atoms with van der Waals surface area (Å²) in [6, 6.07) is 14.2. The lowest BCUT2D eigenvalue weighted by molar-refractivity contribution is 0.651. The monoisotopic (exact) mass is 406 g/mol. The molecule has 0 aliphatic carbocycles. The Morgan fingerprint density at radius 2 is 1.72 bits per heavy atom. The number of H-pyrrole nitrogens is 2. The van der Waals surface area contributed by atoms with Crippen molar-refractivity contribution >= 4 is 34.0 Å².